The lowest BCUT2D eigenvalue weighted by Crippen LogP contribution is -2.53. The Hall–Kier alpha value is -9.70. The first-order valence-electron chi connectivity index (χ1n) is 35.5. The summed E-state index contributed by atoms with van der Waals surface area (Å²) < 4.78 is 26.2. The molecule has 0 unspecified atom stereocenters. The third-order valence-electron chi connectivity index (χ3n) is 16.9. The molecule has 4 aromatic carbocycles. The SMILES string of the molecule is CCOC(=O)[C@H](Cc1c[nH]c2ccccc12)NC(=O)CO/N=C(/[C@@H](OC)C(C)C)[C@@H](O)[C@@H](C)O.CNC(=O)[C@H](Cc1c[nH]c2ccccc12)NC(=O)CO/N=C(/[C@@H](OC)C(C)C)[C@@H](O)[C@@H](C)O.COC(=O)[C@H](Cc1ccccc1)NC(=O)[C@H](Cc1ccccc1)NC(=O)CO/N=C(/[C@@H](OC)C(C)C)[C@@H](O)[C@@H](C)O. The van der Waals surface area contributed by atoms with Crippen molar-refractivity contribution in [2.75, 3.05) is 61.9 Å². The summed E-state index contributed by atoms with van der Waals surface area (Å²) in [7, 11) is 7.09. The molecule has 0 spiro atoms. The zero-order valence-electron chi connectivity index (χ0n) is 64.1. The fourth-order valence-electron chi connectivity index (χ4n) is 11.3. The standard InChI is InChI=1S/C30H41N3O8.C24H35N3O7.C23H34N4O6/c1-19(2)28(39-4)26(27(36)20(3)34)33-41-18-25(35)31-23(16-21-12-8-6-9-13-21)29(37)32-24(30(38)40-5)17-22-14-10-7-11-15-22;1-6-33-24(31)19(11-16-12-25-18-10-8-7-9-17(16)18)26-20(29)13-34-27-21(22(30)15(4)28)23(32-5)14(2)3;1-13(2)22(32-5)20(21(30)14(3)28)27-33-12-19(29)26-18(23(31)24-4)10-15-11-25-17-9-7-6-8-16(15)17/h6-15,19-20,23-24,27-28,34,36H,16-18H2,1-5H3,(H,31,35)(H,32,37);7-10,12,14-15,19,22-23,25,28,30H,6,11,13H2,1-5H3,(H,26,29);6-9,11,13-14,18,21-22,25,28,30H,10,12H2,1-5H3,(H,24,31)(H,26,29)/b33-26+;27-21+;27-20+/t20-,23+,24+,27+,28+;15-,19+,22+,23+;14-,18+,21+,22+/m111/s1. The van der Waals surface area contributed by atoms with Gasteiger partial charge in [-0.25, -0.2) is 9.59 Å². The van der Waals surface area contributed by atoms with Crippen molar-refractivity contribution in [1.29, 1.82) is 0 Å². The number of oxime groups is 3. The van der Waals surface area contributed by atoms with Crippen LogP contribution in [0.4, 0.5) is 0 Å². The zero-order valence-corrected chi connectivity index (χ0v) is 64.1. The van der Waals surface area contributed by atoms with Gasteiger partial charge >= 0.3 is 11.9 Å². The highest BCUT2D eigenvalue weighted by Gasteiger charge is 2.35. The molecule has 13 N–H and O–H groups in total. The average Bonchev–Trinajstić information content (AvgIpc) is 1.71. The van der Waals surface area contributed by atoms with E-state index in [0.717, 1.165) is 44.1 Å². The number of H-pyrrole nitrogens is 2. The molecule has 0 aliphatic heterocycles. The Kier molecular flexibility index (Phi) is 39.6. The lowest BCUT2D eigenvalue weighted by molar-refractivity contribution is -0.148. The first-order chi connectivity index (χ1) is 51.4. The van der Waals surface area contributed by atoms with Gasteiger partial charge < -0.3 is 105 Å². The van der Waals surface area contributed by atoms with Crippen LogP contribution in [0.1, 0.15) is 91.5 Å². The van der Waals surface area contributed by atoms with Crippen LogP contribution in [-0.2, 0) is 97.4 Å². The molecule has 0 aliphatic rings. The second kappa shape index (κ2) is 47.2. The number of aromatic amines is 2. The van der Waals surface area contributed by atoms with E-state index in [9.17, 15) is 64.2 Å². The fourth-order valence-corrected chi connectivity index (χ4v) is 11.3. The number of aliphatic hydroxyl groups is 6. The number of hydrogen-bond donors (Lipinski definition) is 13. The number of benzene rings is 4. The smallest absolute Gasteiger partial charge is 0.328 e. The van der Waals surface area contributed by atoms with Gasteiger partial charge in [0.2, 0.25) is 11.8 Å². The van der Waals surface area contributed by atoms with Crippen LogP contribution >= 0.6 is 0 Å². The number of hydrogen-bond acceptors (Lipinski definition) is 24. The molecule has 5 amide bonds. The van der Waals surface area contributed by atoms with Gasteiger partial charge in [0.1, 0.15) is 77.9 Å². The molecule has 31 nitrogen and oxygen atoms in total. The van der Waals surface area contributed by atoms with E-state index < -0.39 is 134 Å². The highest BCUT2D eigenvalue weighted by molar-refractivity contribution is 5.96. The van der Waals surface area contributed by atoms with Crippen LogP contribution in [0.2, 0.25) is 0 Å². The molecule has 108 heavy (non-hydrogen) atoms. The Balaban J connectivity index is 0.000000345. The van der Waals surface area contributed by atoms with Crippen LogP contribution in [0.5, 0.6) is 0 Å². The third-order valence-corrected chi connectivity index (χ3v) is 16.9. The molecule has 13 atom stereocenters. The molecule has 594 valence electrons. The van der Waals surface area contributed by atoms with Crippen LogP contribution in [0.3, 0.4) is 0 Å². The van der Waals surface area contributed by atoms with Gasteiger partial charge in [-0.15, -0.1) is 0 Å². The highest BCUT2D eigenvalue weighted by Crippen LogP contribution is 2.23. The van der Waals surface area contributed by atoms with Crippen molar-refractivity contribution in [3.63, 3.8) is 0 Å². The molecule has 2 heterocycles. The van der Waals surface area contributed by atoms with Crippen LogP contribution in [0.15, 0.2) is 137 Å². The van der Waals surface area contributed by atoms with Gasteiger partial charge in [-0.3, -0.25) is 24.0 Å². The van der Waals surface area contributed by atoms with Gasteiger partial charge in [-0.05, 0) is 79.8 Å². The van der Waals surface area contributed by atoms with E-state index in [-0.39, 0.29) is 73.1 Å². The summed E-state index contributed by atoms with van der Waals surface area (Å²) in [5.41, 5.74) is 5.40. The maximum atomic E-state index is 13.4. The number of aromatic nitrogens is 2. The van der Waals surface area contributed by atoms with Crippen molar-refractivity contribution in [1.82, 2.24) is 36.6 Å². The van der Waals surface area contributed by atoms with Crippen LogP contribution in [0, 0.1) is 17.8 Å². The first kappa shape index (κ1) is 90.7. The number of carbonyl (C=O) groups excluding carboxylic acids is 7. The Morgan fingerprint density at radius 1 is 0.417 bits per heavy atom. The monoisotopic (exact) mass is 1510 g/mol. The second-order valence-electron chi connectivity index (χ2n) is 26.4. The van der Waals surface area contributed by atoms with Crippen LogP contribution in [-0.4, -0.2) is 240 Å². The van der Waals surface area contributed by atoms with Gasteiger partial charge in [0.15, 0.2) is 19.8 Å². The molecule has 0 radical (unpaired) electrons. The average molecular weight is 1510 g/mol. The second-order valence-corrected chi connectivity index (χ2v) is 26.4. The van der Waals surface area contributed by atoms with E-state index in [1.54, 1.807) is 13.1 Å². The van der Waals surface area contributed by atoms with Crippen molar-refractivity contribution in [2.45, 2.75) is 174 Å². The number of carbonyl (C=O) groups is 7. The molecule has 0 aliphatic carbocycles. The summed E-state index contributed by atoms with van der Waals surface area (Å²) in [6.45, 7) is 15.7. The summed E-state index contributed by atoms with van der Waals surface area (Å²) in [6.07, 6.45) is -4.83. The number of rotatable bonds is 41. The number of nitrogens with zero attached hydrogens (tertiary/aromatic N) is 3. The van der Waals surface area contributed by atoms with E-state index in [2.05, 4.69) is 52.0 Å². The van der Waals surface area contributed by atoms with E-state index >= 15 is 0 Å². The minimum Gasteiger partial charge on any atom is -0.467 e. The predicted octanol–water partition coefficient (Wildman–Crippen LogP) is 3.67. The minimum atomic E-state index is -1.37. The number of esters is 2. The van der Waals surface area contributed by atoms with Gasteiger partial charge in [0.25, 0.3) is 17.7 Å². The molecule has 0 saturated heterocycles. The predicted molar refractivity (Wildman–Crippen MR) is 405 cm³/mol. The number of ether oxygens (including phenoxy) is 5. The summed E-state index contributed by atoms with van der Waals surface area (Å²) in [6, 6.07) is 29.8. The number of likely N-dealkylation sites (N-methyl/N-ethyl adjacent to an activating group) is 1. The molecule has 0 saturated carbocycles. The Morgan fingerprint density at radius 3 is 1.07 bits per heavy atom. The maximum absolute atomic E-state index is 13.4. The third kappa shape index (κ3) is 29.1. The number of para-hydroxylation sites is 2. The largest absolute Gasteiger partial charge is 0.467 e. The molecule has 0 fully saturated rings. The van der Waals surface area contributed by atoms with Crippen LogP contribution in [0.25, 0.3) is 21.8 Å². The van der Waals surface area contributed by atoms with E-state index in [0.29, 0.717) is 0 Å². The van der Waals surface area contributed by atoms with Crippen molar-refractivity contribution in [2.24, 2.45) is 33.2 Å². The Labute approximate surface area is 629 Å². The van der Waals surface area contributed by atoms with E-state index in [1.807, 2.05) is 157 Å². The van der Waals surface area contributed by atoms with Gasteiger partial charge in [0, 0.05) is 88.3 Å². The quantitative estimate of drug-likeness (QED) is 0.0148. The molecular weight excluding hydrogens is 1400 g/mol. The minimum absolute atomic E-state index is 0.0331. The normalized spacial score (nSPS) is 15.5. The highest BCUT2D eigenvalue weighted by atomic mass is 16.6. The lowest BCUT2D eigenvalue weighted by atomic mass is 9.96. The van der Waals surface area contributed by atoms with Crippen molar-refractivity contribution in [3.05, 3.63) is 144 Å². The van der Waals surface area contributed by atoms with E-state index in [1.165, 1.54) is 56.3 Å². The van der Waals surface area contributed by atoms with Gasteiger partial charge in [-0.2, -0.15) is 0 Å². The number of methoxy groups -OCH3 is 4. The first-order valence-corrected chi connectivity index (χ1v) is 35.5. The molecule has 6 rings (SSSR count). The topological polar surface area (TPSA) is 444 Å². The Bertz CT molecular complexity index is 3820. The Morgan fingerprint density at radius 2 is 0.741 bits per heavy atom. The summed E-state index contributed by atoms with van der Waals surface area (Å²) in [5, 5.41) is 87.2. The zero-order chi connectivity index (χ0) is 80.2. The molecule has 31 heteroatoms. The summed E-state index contributed by atoms with van der Waals surface area (Å²) in [5.74, 6) is -4.16. The molecule has 6 aromatic rings. The lowest BCUT2D eigenvalue weighted by Gasteiger charge is -2.25. The summed E-state index contributed by atoms with van der Waals surface area (Å²) in [4.78, 5) is 110. The van der Waals surface area contributed by atoms with Gasteiger partial charge in [0.05, 0.1) is 32.0 Å². The fraction of sp³-hybridized carbons (Fsp3) is 0.506. The molecule has 0 bridgehead atoms. The molecule has 2 aromatic heterocycles. The number of amides is 5. The van der Waals surface area contributed by atoms with Crippen molar-refractivity contribution < 1.29 is 102 Å². The van der Waals surface area contributed by atoms with Crippen molar-refractivity contribution in [3.8, 4) is 0 Å². The number of fused-ring (bicyclic) bond motifs is 2. The van der Waals surface area contributed by atoms with Crippen molar-refractivity contribution >= 4 is 80.4 Å². The van der Waals surface area contributed by atoms with E-state index in [4.69, 9.17) is 38.2 Å². The summed E-state index contributed by atoms with van der Waals surface area (Å²) >= 11 is 0. The molecular formula is C77H110N10O21. The van der Waals surface area contributed by atoms with Crippen LogP contribution < -0.4 is 26.6 Å². The number of nitrogens with one attached hydrogen (secondary N) is 7. The maximum Gasteiger partial charge on any atom is 0.328 e. The van der Waals surface area contributed by atoms with Gasteiger partial charge in [-0.1, -0.05) is 154 Å². The number of aliphatic hydroxyl groups excluding tert-OH is 6.